The van der Waals surface area contributed by atoms with E-state index in [1.165, 1.54) is 0 Å². The lowest BCUT2D eigenvalue weighted by Crippen LogP contribution is -2.11. The Morgan fingerprint density at radius 2 is 2.20 bits per heavy atom. The van der Waals surface area contributed by atoms with Gasteiger partial charge in [0.25, 0.3) is 0 Å². The molecular weight excluding hydrogens is 194 g/mol. The van der Waals surface area contributed by atoms with E-state index >= 15 is 0 Å². The van der Waals surface area contributed by atoms with E-state index < -0.39 is 0 Å². The van der Waals surface area contributed by atoms with E-state index in [0.717, 1.165) is 18.7 Å². The maximum absolute atomic E-state index is 11.2. The highest BCUT2D eigenvalue weighted by atomic mass is 16.5. The van der Waals surface area contributed by atoms with Crippen LogP contribution in [0.2, 0.25) is 0 Å². The van der Waals surface area contributed by atoms with Crippen molar-refractivity contribution in [2.75, 3.05) is 6.61 Å². The summed E-state index contributed by atoms with van der Waals surface area (Å²) >= 11 is 0. The van der Waals surface area contributed by atoms with E-state index in [-0.39, 0.29) is 12.4 Å². The van der Waals surface area contributed by atoms with Crippen molar-refractivity contribution in [3.8, 4) is 0 Å². The van der Waals surface area contributed by atoms with Crippen LogP contribution in [0.3, 0.4) is 0 Å². The highest BCUT2D eigenvalue weighted by Crippen LogP contribution is 2.01. The highest BCUT2D eigenvalue weighted by molar-refractivity contribution is 5.71. The Bertz CT molecular complexity index is 333. The first-order valence-electron chi connectivity index (χ1n) is 5.21. The van der Waals surface area contributed by atoms with Gasteiger partial charge in [-0.3, -0.25) is 9.48 Å². The first-order valence-corrected chi connectivity index (χ1v) is 5.21. The van der Waals surface area contributed by atoms with E-state index in [0.29, 0.717) is 12.4 Å². The van der Waals surface area contributed by atoms with Crippen LogP contribution in [-0.4, -0.2) is 27.3 Å². The minimum absolute atomic E-state index is 0.195. The SMILES string of the molecule is CCCc1nc(CC(=O)OCC)n(C)n1. The molecular formula is C10H17N3O2. The summed E-state index contributed by atoms with van der Waals surface area (Å²) in [6.07, 6.45) is 2.04. The molecule has 0 atom stereocenters. The van der Waals surface area contributed by atoms with Crippen molar-refractivity contribution in [2.24, 2.45) is 7.05 Å². The predicted octanol–water partition coefficient (Wildman–Crippen LogP) is 0.873. The van der Waals surface area contributed by atoms with E-state index in [1.54, 1.807) is 18.7 Å². The van der Waals surface area contributed by atoms with Gasteiger partial charge in [0.1, 0.15) is 12.2 Å². The first kappa shape index (κ1) is 11.7. The van der Waals surface area contributed by atoms with Gasteiger partial charge in [0.15, 0.2) is 5.82 Å². The molecule has 0 aromatic carbocycles. The lowest BCUT2D eigenvalue weighted by Gasteiger charge is -1.99. The van der Waals surface area contributed by atoms with Crippen molar-refractivity contribution < 1.29 is 9.53 Å². The summed E-state index contributed by atoms with van der Waals surface area (Å²) in [5.41, 5.74) is 0. The molecule has 0 radical (unpaired) electrons. The van der Waals surface area contributed by atoms with Crippen molar-refractivity contribution in [2.45, 2.75) is 33.1 Å². The molecule has 0 N–H and O–H groups in total. The Morgan fingerprint density at radius 1 is 1.47 bits per heavy atom. The molecule has 0 bridgehead atoms. The lowest BCUT2D eigenvalue weighted by molar-refractivity contribution is -0.142. The largest absolute Gasteiger partial charge is 0.466 e. The number of aromatic nitrogens is 3. The third kappa shape index (κ3) is 3.34. The number of nitrogens with zero attached hydrogens (tertiary/aromatic N) is 3. The zero-order valence-electron chi connectivity index (χ0n) is 9.49. The standard InChI is InChI=1S/C10H17N3O2/c1-4-6-8-11-9(13(3)12-8)7-10(14)15-5-2/h4-7H2,1-3H3. The minimum atomic E-state index is -0.254. The summed E-state index contributed by atoms with van der Waals surface area (Å²) in [7, 11) is 1.79. The normalized spacial score (nSPS) is 10.3. The number of hydrogen-bond donors (Lipinski definition) is 0. The summed E-state index contributed by atoms with van der Waals surface area (Å²) in [5.74, 6) is 1.20. The number of ether oxygens (including phenoxy) is 1. The van der Waals surface area contributed by atoms with Crippen LogP contribution in [0, 0.1) is 0 Å². The molecule has 0 aliphatic carbocycles. The summed E-state index contributed by atoms with van der Waals surface area (Å²) in [5, 5.41) is 4.21. The number of rotatable bonds is 5. The van der Waals surface area contributed by atoms with E-state index in [1.807, 2.05) is 0 Å². The fourth-order valence-corrected chi connectivity index (χ4v) is 1.30. The molecule has 0 fully saturated rings. The monoisotopic (exact) mass is 211 g/mol. The zero-order chi connectivity index (χ0) is 11.3. The summed E-state index contributed by atoms with van der Waals surface area (Å²) in [4.78, 5) is 15.5. The molecule has 15 heavy (non-hydrogen) atoms. The predicted molar refractivity (Wildman–Crippen MR) is 55.3 cm³/mol. The van der Waals surface area contributed by atoms with Crippen LogP contribution < -0.4 is 0 Å². The van der Waals surface area contributed by atoms with Crippen molar-refractivity contribution in [3.05, 3.63) is 11.6 Å². The second-order valence-corrected chi connectivity index (χ2v) is 3.30. The van der Waals surface area contributed by atoms with Crippen LogP contribution in [0.4, 0.5) is 0 Å². The van der Waals surface area contributed by atoms with Gasteiger partial charge in [0, 0.05) is 13.5 Å². The fourth-order valence-electron chi connectivity index (χ4n) is 1.30. The van der Waals surface area contributed by atoms with E-state index in [2.05, 4.69) is 17.0 Å². The number of aryl methyl sites for hydroxylation is 2. The third-order valence-corrected chi connectivity index (χ3v) is 1.98. The molecule has 84 valence electrons. The second-order valence-electron chi connectivity index (χ2n) is 3.30. The molecule has 5 nitrogen and oxygen atoms in total. The van der Waals surface area contributed by atoms with Gasteiger partial charge in [0.05, 0.1) is 6.61 Å². The Morgan fingerprint density at radius 3 is 2.80 bits per heavy atom. The number of carbonyl (C=O) groups is 1. The molecule has 1 aromatic rings. The van der Waals surface area contributed by atoms with Gasteiger partial charge < -0.3 is 4.74 Å². The van der Waals surface area contributed by atoms with Crippen LogP contribution in [0.15, 0.2) is 0 Å². The van der Waals surface area contributed by atoms with Crippen LogP contribution in [0.25, 0.3) is 0 Å². The highest BCUT2D eigenvalue weighted by Gasteiger charge is 2.11. The van der Waals surface area contributed by atoms with Gasteiger partial charge in [0.2, 0.25) is 0 Å². The van der Waals surface area contributed by atoms with Crippen LogP contribution in [0.5, 0.6) is 0 Å². The molecule has 0 aliphatic heterocycles. The van der Waals surface area contributed by atoms with Crippen LogP contribution >= 0.6 is 0 Å². The Hall–Kier alpha value is -1.39. The van der Waals surface area contributed by atoms with Gasteiger partial charge in [-0.25, -0.2) is 4.98 Å². The molecule has 1 heterocycles. The van der Waals surface area contributed by atoms with Gasteiger partial charge in [-0.2, -0.15) is 5.10 Å². The van der Waals surface area contributed by atoms with Crippen molar-refractivity contribution in [3.63, 3.8) is 0 Å². The molecule has 0 spiro atoms. The fraction of sp³-hybridized carbons (Fsp3) is 0.700. The third-order valence-electron chi connectivity index (χ3n) is 1.98. The Labute approximate surface area is 89.5 Å². The molecule has 0 saturated heterocycles. The number of carbonyl (C=O) groups excluding carboxylic acids is 1. The maximum Gasteiger partial charge on any atom is 0.313 e. The van der Waals surface area contributed by atoms with Gasteiger partial charge in [-0.1, -0.05) is 6.92 Å². The zero-order valence-corrected chi connectivity index (χ0v) is 9.49. The van der Waals surface area contributed by atoms with Crippen molar-refractivity contribution in [1.29, 1.82) is 0 Å². The summed E-state index contributed by atoms with van der Waals surface area (Å²) in [6.45, 7) is 4.26. The van der Waals surface area contributed by atoms with E-state index in [9.17, 15) is 4.79 Å². The number of esters is 1. The molecule has 0 amide bonds. The average molecular weight is 211 g/mol. The Kier molecular flexibility index (Phi) is 4.27. The lowest BCUT2D eigenvalue weighted by atomic mass is 10.3. The number of hydrogen-bond acceptors (Lipinski definition) is 4. The van der Waals surface area contributed by atoms with Crippen LogP contribution in [-0.2, 0) is 29.4 Å². The summed E-state index contributed by atoms with van der Waals surface area (Å²) < 4.78 is 6.49. The van der Waals surface area contributed by atoms with Crippen LogP contribution in [0.1, 0.15) is 31.9 Å². The topological polar surface area (TPSA) is 57.0 Å². The molecule has 0 saturated carbocycles. The van der Waals surface area contributed by atoms with Gasteiger partial charge in [-0.15, -0.1) is 0 Å². The molecule has 1 rings (SSSR count). The van der Waals surface area contributed by atoms with Crippen molar-refractivity contribution >= 4 is 5.97 Å². The maximum atomic E-state index is 11.2. The summed E-state index contributed by atoms with van der Waals surface area (Å²) in [6, 6.07) is 0. The molecule has 5 heteroatoms. The quantitative estimate of drug-likeness (QED) is 0.678. The van der Waals surface area contributed by atoms with Gasteiger partial charge >= 0.3 is 5.97 Å². The van der Waals surface area contributed by atoms with Gasteiger partial charge in [-0.05, 0) is 13.3 Å². The average Bonchev–Trinajstić information content (AvgIpc) is 2.48. The molecule has 0 aliphatic rings. The smallest absolute Gasteiger partial charge is 0.313 e. The minimum Gasteiger partial charge on any atom is -0.466 e. The Balaban J connectivity index is 2.64. The van der Waals surface area contributed by atoms with E-state index in [4.69, 9.17) is 4.74 Å². The molecule has 1 aromatic heterocycles. The molecule has 0 unspecified atom stereocenters. The van der Waals surface area contributed by atoms with Crippen molar-refractivity contribution in [1.82, 2.24) is 14.8 Å². The second kappa shape index (κ2) is 5.48. The first-order chi connectivity index (χ1) is 7.17.